The van der Waals surface area contributed by atoms with Gasteiger partial charge in [-0.15, -0.1) is 0 Å². The van der Waals surface area contributed by atoms with Gasteiger partial charge in [0.2, 0.25) is 11.8 Å². The minimum absolute atomic E-state index is 0.0525. The summed E-state index contributed by atoms with van der Waals surface area (Å²) in [6.45, 7) is 8.60. The Hall–Kier alpha value is -2.27. The number of morpholine rings is 1. The molecule has 5 heterocycles. The van der Waals surface area contributed by atoms with Crippen LogP contribution in [0.5, 0.6) is 0 Å². The summed E-state index contributed by atoms with van der Waals surface area (Å²) in [4.78, 5) is 47.8. The molecule has 3 saturated heterocycles. The van der Waals surface area contributed by atoms with E-state index in [0.717, 1.165) is 38.8 Å². The maximum Gasteiger partial charge on any atom is 0.312 e. The van der Waals surface area contributed by atoms with Crippen LogP contribution in [0.15, 0.2) is 24.3 Å². The number of hydrogen-bond donors (Lipinski definition) is 1. The molecular formula is C29H43N3O7. The molecule has 7 atom stereocenters. The van der Waals surface area contributed by atoms with Crippen LogP contribution in [0.1, 0.15) is 39.5 Å². The standard InChI is InChI=1S/C29H43N3O7/c1-3-20(2)21(19-33)32-25-27(35)31(13-12-30-14-17-37-18-15-30)11-8-10-29(25)24(26(32)34)23-22(39-29)9-6-4-5-7-16-38-28(23)36/h6,8-10,20-25,33H,3-5,7,11-19H2,1-2H3/b9-6-/t20-,21-,22+,23-,24-,25?,29-/m0/s1. The number of carbonyl (C=O) groups excluding carboxylic acids is 3. The van der Waals surface area contributed by atoms with Crippen molar-refractivity contribution < 1.29 is 33.7 Å². The molecule has 216 valence electrons. The molecule has 2 amide bonds. The highest BCUT2D eigenvalue weighted by Crippen LogP contribution is 2.54. The Morgan fingerprint density at radius 1 is 1.08 bits per heavy atom. The molecule has 0 saturated carbocycles. The summed E-state index contributed by atoms with van der Waals surface area (Å²) < 4.78 is 17.8. The van der Waals surface area contributed by atoms with Crippen LogP contribution in [-0.2, 0) is 28.6 Å². The van der Waals surface area contributed by atoms with E-state index in [1.165, 1.54) is 0 Å². The molecule has 1 unspecified atom stereocenters. The van der Waals surface area contributed by atoms with Crippen LogP contribution in [0.25, 0.3) is 0 Å². The van der Waals surface area contributed by atoms with Gasteiger partial charge in [-0.25, -0.2) is 0 Å². The van der Waals surface area contributed by atoms with E-state index >= 15 is 0 Å². The Balaban J connectivity index is 1.53. The third kappa shape index (κ3) is 5.16. The third-order valence-electron chi connectivity index (χ3n) is 9.26. The van der Waals surface area contributed by atoms with Crippen molar-refractivity contribution in [3.63, 3.8) is 0 Å². The summed E-state index contributed by atoms with van der Waals surface area (Å²) in [6.07, 6.45) is 10.2. The first kappa shape index (κ1) is 28.3. The molecule has 0 aromatic carbocycles. The molecule has 0 radical (unpaired) electrons. The number of ether oxygens (including phenoxy) is 3. The van der Waals surface area contributed by atoms with Gasteiger partial charge in [-0.3, -0.25) is 19.3 Å². The van der Waals surface area contributed by atoms with Crippen molar-refractivity contribution in [3.8, 4) is 0 Å². The van der Waals surface area contributed by atoms with Gasteiger partial charge in [0.1, 0.15) is 17.6 Å². The molecule has 39 heavy (non-hydrogen) atoms. The zero-order valence-electron chi connectivity index (χ0n) is 23.2. The van der Waals surface area contributed by atoms with Crippen LogP contribution in [0, 0.1) is 17.8 Å². The third-order valence-corrected chi connectivity index (χ3v) is 9.26. The average molecular weight is 546 g/mol. The van der Waals surface area contributed by atoms with Crippen molar-refractivity contribution in [2.45, 2.75) is 63.3 Å². The number of carbonyl (C=O) groups is 3. The van der Waals surface area contributed by atoms with Crippen molar-refractivity contribution in [1.29, 1.82) is 0 Å². The van der Waals surface area contributed by atoms with Gasteiger partial charge in [0.25, 0.3) is 0 Å². The largest absolute Gasteiger partial charge is 0.465 e. The van der Waals surface area contributed by atoms with Crippen molar-refractivity contribution in [3.05, 3.63) is 24.3 Å². The number of esters is 1. The van der Waals surface area contributed by atoms with Crippen molar-refractivity contribution in [1.82, 2.24) is 14.7 Å². The number of aliphatic hydroxyl groups excluding tert-OH is 1. The molecule has 0 bridgehead atoms. The molecule has 0 aromatic heterocycles. The van der Waals surface area contributed by atoms with E-state index in [9.17, 15) is 19.5 Å². The van der Waals surface area contributed by atoms with E-state index in [1.807, 2.05) is 38.2 Å². The van der Waals surface area contributed by atoms with E-state index in [1.54, 1.807) is 9.80 Å². The highest BCUT2D eigenvalue weighted by atomic mass is 16.6. The first-order chi connectivity index (χ1) is 18.9. The second kappa shape index (κ2) is 12.1. The lowest BCUT2D eigenvalue weighted by atomic mass is 9.78. The highest BCUT2D eigenvalue weighted by Gasteiger charge is 2.72. The monoisotopic (exact) mass is 545 g/mol. The molecule has 0 aliphatic carbocycles. The lowest BCUT2D eigenvalue weighted by Gasteiger charge is -2.40. The van der Waals surface area contributed by atoms with Crippen molar-refractivity contribution in [2.75, 3.05) is 59.2 Å². The Morgan fingerprint density at radius 2 is 1.87 bits per heavy atom. The second-order valence-electron chi connectivity index (χ2n) is 11.5. The quantitative estimate of drug-likeness (QED) is 0.373. The number of amides is 2. The van der Waals surface area contributed by atoms with E-state index < -0.39 is 41.6 Å². The SMILES string of the molecule is CC[C@H](C)[C@H](CO)N1C(=O)[C@@H]2[C@H]3C(=O)OCCCC/C=C\[C@H]3O[C@@]23C=CCN(CCN2CCOCC2)C(=O)C13. The number of aliphatic hydroxyl groups is 1. The van der Waals surface area contributed by atoms with Gasteiger partial charge in [0.05, 0.1) is 44.5 Å². The normalized spacial score (nSPS) is 36.0. The maximum atomic E-state index is 14.4. The Labute approximate surface area is 230 Å². The molecule has 5 aliphatic rings. The second-order valence-corrected chi connectivity index (χ2v) is 11.5. The molecule has 0 aromatic rings. The van der Waals surface area contributed by atoms with Crippen molar-refractivity contribution in [2.24, 2.45) is 17.8 Å². The van der Waals surface area contributed by atoms with Gasteiger partial charge >= 0.3 is 5.97 Å². The molecule has 10 nitrogen and oxygen atoms in total. The van der Waals surface area contributed by atoms with Crippen LogP contribution >= 0.6 is 0 Å². The number of likely N-dealkylation sites (tertiary alicyclic amines) is 1. The number of allylic oxidation sites excluding steroid dienone is 1. The molecule has 1 N–H and O–H groups in total. The fraction of sp³-hybridized carbons (Fsp3) is 0.759. The van der Waals surface area contributed by atoms with Crippen LogP contribution in [0.2, 0.25) is 0 Å². The highest BCUT2D eigenvalue weighted by molar-refractivity contribution is 5.99. The number of hydrogen-bond acceptors (Lipinski definition) is 8. The lowest BCUT2D eigenvalue weighted by molar-refractivity contribution is -0.157. The average Bonchev–Trinajstić information content (AvgIpc) is 3.34. The summed E-state index contributed by atoms with van der Waals surface area (Å²) in [6, 6.07) is -1.54. The number of cyclic esters (lactones) is 1. The zero-order valence-corrected chi connectivity index (χ0v) is 23.2. The topological polar surface area (TPSA) is 109 Å². The number of fused-ring (bicyclic) bond motifs is 2. The maximum absolute atomic E-state index is 14.4. The Morgan fingerprint density at radius 3 is 2.62 bits per heavy atom. The van der Waals surface area contributed by atoms with Gasteiger partial charge in [-0.1, -0.05) is 44.6 Å². The van der Waals surface area contributed by atoms with Crippen LogP contribution < -0.4 is 0 Å². The summed E-state index contributed by atoms with van der Waals surface area (Å²) in [5.74, 6) is -2.78. The van der Waals surface area contributed by atoms with Crippen LogP contribution in [-0.4, -0.2) is 121 Å². The van der Waals surface area contributed by atoms with E-state index in [2.05, 4.69) is 4.90 Å². The number of rotatable bonds is 7. The first-order valence-corrected chi connectivity index (χ1v) is 14.6. The Kier molecular flexibility index (Phi) is 8.75. The van der Waals surface area contributed by atoms with Gasteiger partial charge in [-0.2, -0.15) is 0 Å². The van der Waals surface area contributed by atoms with Crippen LogP contribution in [0.4, 0.5) is 0 Å². The number of nitrogens with zero attached hydrogens (tertiary/aromatic N) is 3. The molecule has 5 rings (SSSR count). The lowest BCUT2D eigenvalue weighted by Crippen LogP contribution is -2.59. The smallest absolute Gasteiger partial charge is 0.312 e. The summed E-state index contributed by atoms with van der Waals surface area (Å²) in [7, 11) is 0. The van der Waals surface area contributed by atoms with Gasteiger partial charge in [0.15, 0.2) is 0 Å². The van der Waals surface area contributed by atoms with Gasteiger partial charge < -0.3 is 29.1 Å². The predicted octanol–water partition coefficient (Wildman–Crippen LogP) is 0.988. The van der Waals surface area contributed by atoms with Gasteiger partial charge in [-0.05, 0) is 25.2 Å². The summed E-state index contributed by atoms with van der Waals surface area (Å²) in [5, 5.41) is 10.5. The molecule has 5 aliphatic heterocycles. The fourth-order valence-corrected chi connectivity index (χ4v) is 6.86. The minimum Gasteiger partial charge on any atom is -0.465 e. The van der Waals surface area contributed by atoms with E-state index in [4.69, 9.17) is 14.2 Å². The molecule has 3 fully saturated rings. The van der Waals surface area contributed by atoms with Gasteiger partial charge in [0, 0.05) is 32.7 Å². The summed E-state index contributed by atoms with van der Waals surface area (Å²) in [5.41, 5.74) is -1.31. The predicted molar refractivity (Wildman–Crippen MR) is 142 cm³/mol. The summed E-state index contributed by atoms with van der Waals surface area (Å²) >= 11 is 0. The minimum atomic E-state index is -1.31. The van der Waals surface area contributed by atoms with E-state index in [0.29, 0.717) is 39.5 Å². The molecular weight excluding hydrogens is 502 g/mol. The molecule has 1 spiro atoms. The zero-order chi connectivity index (χ0) is 27.6. The fourth-order valence-electron chi connectivity index (χ4n) is 6.86. The first-order valence-electron chi connectivity index (χ1n) is 14.6. The molecule has 10 heteroatoms. The van der Waals surface area contributed by atoms with Crippen molar-refractivity contribution >= 4 is 17.8 Å². The van der Waals surface area contributed by atoms with Crippen LogP contribution in [0.3, 0.4) is 0 Å². The van der Waals surface area contributed by atoms with E-state index in [-0.39, 0.29) is 24.3 Å². The Bertz CT molecular complexity index is 980.